The van der Waals surface area contributed by atoms with Gasteiger partial charge in [-0.2, -0.15) is 0 Å². The Morgan fingerprint density at radius 1 is 1.37 bits per heavy atom. The smallest absolute Gasteiger partial charge is 0.330 e. The number of aliphatic hydroxyl groups is 1. The minimum Gasteiger partial charge on any atom is -0.463 e. The van der Waals surface area contributed by atoms with E-state index in [1.165, 1.54) is 0 Å². The molecule has 0 aliphatic rings. The second-order valence-electron chi connectivity index (χ2n) is 3.81. The van der Waals surface area contributed by atoms with Gasteiger partial charge in [-0.1, -0.05) is 13.5 Å². The van der Waals surface area contributed by atoms with Gasteiger partial charge in [-0.3, -0.25) is 9.36 Å². The molecule has 2 unspecified atom stereocenters. The number of aliphatic hydroxyl groups excluding tert-OH is 1. The molecule has 0 bridgehead atoms. The molecule has 0 aromatic heterocycles. The van der Waals surface area contributed by atoms with E-state index in [9.17, 15) is 24.2 Å². The van der Waals surface area contributed by atoms with Crippen molar-refractivity contribution in [2.24, 2.45) is 0 Å². The monoisotopic (exact) mass is 294 g/mol. The Balaban J connectivity index is 3.81. The largest absolute Gasteiger partial charge is 0.463 e. The molecular formula is C11H19O7P. The van der Waals surface area contributed by atoms with E-state index >= 15 is 0 Å². The number of hydrogen-bond donors (Lipinski definition) is 2. The maximum Gasteiger partial charge on any atom is 0.330 e. The highest BCUT2D eigenvalue weighted by molar-refractivity contribution is 7.57. The van der Waals surface area contributed by atoms with E-state index in [1.807, 2.05) is 0 Å². The lowest BCUT2D eigenvalue weighted by molar-refractivity contribution is -0.149. The number of carbonyl (C=O) groups is 2. The van der Waals surface area contributed by atoms with Crippen LogP contribution in [0.4, 0.5) is 0 Å². The van der Waals surface area contributed by atoms with E-state index in [1.54, 1.807) is 6.92 Å². The summed E-state index contributed by atoms with van der Waals surface area (Å²) in [7, 11) is -3.25. The molecule has 2 atom stereocenters. The van der Waals surface area contributed by atoms with Crippen LogP contribution in [0, 0.1) is 0 Å². The number of rotatable bonds is 9. The molecular weight excluding hydrogens is 275 g/mol. The Hall–Kier alpha value is -1.17. The summed E-state index contributed by atoms with van der Waals surface area (Å²) in [6.45, 7) is 4.08. The molecule has 19 heavy (non-hydrogen) atoms. The van der Waals surface area contributed by atoms with Crippen molar-refractivity contribution in [3.8, 4) is 0 Å². The summed E-state index contributed by atoms with van der Waals surface area (Å²) in [6.07, 6.45) is -0.437. The van der Waals surface area contributed by atoms with E-state index in [-0.39, 0.29) is 32.0 Å². The molecule has 0 saturated carbocycles. The van der Waals surface area contributed by atoms with Crippen molar-refractivity contribution in [3.05, 3.63) is 12.7 Å². The summed E-state index contributed by atoms with van der Waals surface area (Å²) >= 11 is 0. The normalized spacial score (nSPS) is 15.1. The van der Waals surface area contributed by atoms with Gasteiger partial charge in [0.25, 0.3) is 0 Å². The fourth-order valence-corrected chi connectivity index (χ4v) is 1.82. The molecule has 0 spiro atoms. The van der Waals surface area contributed by atoms with Gasteiger partial charge in [-0.05, 0) is 0 Å². The van der Waals surface area contributed by atoms with Crippen LogP contribution in [0.1, 0.15) is 13.3 Å². The first-order chi connectivity index (χ1) is 8.80. The Kier molecular flexibility index (Phi) is 8.30. The molecule has 0 aromatic rings. The van der Waals surface area contributed by atoms with Gasteiger partial charge in [0.05, 0.1) is 6.42 Å². The van der Waals surface area contributed by atoms with E-state index in [0.717, 1.165) is 6.08 Å². The maximum absolute atomic E-state index is 11.3. The van der Waals surface area contributed by atoms with E-state index < -0.39 is 25.4 Å². The molecule has 0 saturated heterocycles. The molecule has 0 fully saturated rings. The quantitative estimate of drug-likeness (QED) is 0.357. The van der Waals surface area contributed by atoms with Crippen LogP contribution in [0.3, 0.4) is 0 Å². The summed E-state index contributed by atoms with van der Waals surface area (Å²) < 4.78 is 20.5. The highest BCUT2D eigenvalue weighted by Crippen LogP contribution is 2.40. The van der Waals surface area contributed by atoms with Gasteiger partial charge in [-0.25, -0.2) is 4.79 Å². The summed E-state index contributed by atoms with van der Waals surface area (Å²) in [5.74, 6) is -1.37. The topological polar surface area (TPSA) is 110 Å². The van der Waals surface area contributed by atoms with Gasteiger partial charge < -0.3 is 19.5 Å². The lowest BCUT2D eigenvalue weighted by atomic mass is 10.4. The highest BCUT2D eigenvalue weighted by atomic mass is 31.2. The zero-order valence-corrected chi connectivity index (χ0v) is 11.7. The van der Waals surface area contributed by atoms with Crippen LogP contribution < -0.4 is 0 Å². The van der Waals surface area contributed by atoms with Crippen LogP contribution in [0.25, 0.3) is 0 Å². The van der Waals surface area contributed by atoms with Crippen LogP contribution in [-0.2, 0) is 23.6 Å². The van der Waals surface area contributed by atoms with Gasteiger partial charge >= 0.3 is 11.9 Å². The molecule has 0 aliphatic heterocycles. The summed E-state index contributed by atoms with van der Waals surface area (Å²) in [5, 5.41) is 9.32. The summed E-state index contributed by atoms with van der Waals surface area (Å²) in [5.41, 5.74) is 0. The lowest BCUT2D eigenvalue weighted by Gasteiger charge is -2.12. The van der Waals surface area contributed by atoms with Crippen LogP contribution in [0.15, 0.2) is 12.7 Å². The van der Waals surface area contributed by atoms with E-state index in [0.29, 0.717) is 0 Å². The molecule has 0 rings (SSSR count). The van der Waals surface area contributed by atoms with Crippen molar-refractivity contribution in [2.45, 2.75) is 19.4 Å². The first kappa shape index (κ1) is 17.8. The zero-order chi connectivity index (χ0) is 14.9. The average molecular weight is 294 g/mol. The van der Waals surface area contributed by atoms with Gasteiger partial charge in [0.2, 0.25) is 7.37 Å². The molecule has 110 valence electrons. The summed E-state index contributed by atoms with van der Waals surface area (Å²) in [4.78, 5) is 31.2. The third-order valence-corrected chi connectivity index (χ3v) is 4.09. The lowest BCUT2D eigenvalue weighted by Crippen LogP contribution is -2.25. The van der Waals surface area contributed by atoms with E-state index in [2.05, 4.69) is 16.1 Å². The first-order valence-corrected chi connectivity index (χ1v) is 7.77. The molecule has 0 amide bonds. The molecule has 0 heterocycles. The highest BCUT2D eigenvalue weighted by Gasteiger charge is 2.18. The molecule has 8 heteroatoms. The zero-order valence-electron chi connectivity index (χ0n) is 10.8. The number of ether oxygens (including phenoxy) is 2. The Morgan fingerprint density at radius 2 is 1.95 bits per heavy atom. The minimum absolute atomic E-state index is 0.0976. The number of esters is 2. The van der Waals surface area contributed by atoms with Gasteiger partial charge in [0.1, 0.15) is 19.3 Å². The van der Waals surface area contributed by atoms with Crippen molar-refractivity contribution < 1.29 is 33.6 Å². The first-order valence-electron chi connectivity index (χ1n) is 5.74. The summed E-state index contributed by atoms with van der Waals surface area (Å²) in [6, 6.07) is 0. The van der Waals surface area contributed by atoms with Crippen molar-refractivity contribution in [1.82, 2.24) is 0 Å². The van der Waals surface area contributed by atoms with Crippen LogP contribution in [0.5, 0.6) is 0 Å². The minimum atomic E-state index is -3.25. The fraction of sp³-hybridized carbons (Fsp3) is 0.636. The average Bonchev–Trinajstić information content (AvgIpc) is 2.40. The Labute approximate surface area is 111 Å². The van der Waals surface area contributed by atoms with Gasteiger partial charge in [0.15, 0.2) is 0 Å². The predicted octanol–water partition coefficient (Wildman–Crippen LogP) is 0.300. The van der Waals surface area contributed by atoms with Crippen molar-refractivity contribution in [1.29, 1.82) is 0 Å². The predicted molar refractivity (Wildman–Crippen MR) is 68.0 cm³/mol. The third kappa shape index (κ3) is 9.41. The Bertz CT molecular complexity index is 366. The van der Waals surface area contributed by atoms with Crippen LogP contribution in [0.2, 0.25) is 0 Å². The number of carbonyl (C=O) groups excluding carboxylic acids is 2. The standard InChI is InChI=1S/C11H19O7P/c1-3-10(13)17-7-9(12)8-18-11(14)5-6-19(15,16)4-2/h3,9,12H,1,4-8H2,2H3,(H,15,16). The molecule has 0 aromatic carbocycles. The van der Waals surface area contributed by atoms with Crippen LogP contribution in [-0.4, -0.2) is 53.6 Å². The van der Waals surface area contributed by atoms with Crippen LogP contribution >= 0.6 is 7.37 Å². The van der Waals surface area contributed by atoms with Gasteiger partial charge in [0, 0.05) is 18.4 Å². The molecule has 2 N–H and O–H groups in total. The molecule has 7 nitrogen and oxygen atoms in total. The molecule has 0 aliphatic carbocycles. The van der Waals surface area contributed by atoms with Gasteiger partial charge in [-0.15, -0.1) is 0 Å². The fourth-order valence-electron chi connectivity index (χ4n) is 0.971. The molecule has 0 radical (unpaired) electrons. The third-order valence-electron chi connectivity index (χ3n) is 2.18. The van der Waals surface area contributed by atoms with Crippen molar-refractivity contribution in [3.63, 3.8) is 0 Å². The SMILES string of the molecule is C=CC(=O)OCC(O)COC(=O)CCP(=O)(O)CC. The second-order valence-corrected chi connectivity index (χ2v) is 6.58. The van der Waals surface area contributed by atoms with Crippen molar-refractivity contribution >= 4 is 19.3 Å². The van der Waals surface area contributed by atoms with Crippen molar-refractivity contribution in [2.75, 3.05) is 25.5 Å². The second kappa shape index (κ2) is 8.85. The number of hydrogen-bond acceptors (Lipinski definition) is 6. The Morgan fingerprint density at radius 3 is 2.47 bits per heavy atom. The maximum atomic E-state index is 11.3. The van der Waals surface area contributed by atoms with E-state index in [4.69, 9.17) is 0 Å².